The van der Waals surface area contributed by atoms with Gasteiger partial charge in [-0.2, -0.15) is 0 Å². The number of nitrogens with two attached hydrogens (primary N) is 1. The summed E-state index contributed by atoms with van der Waals surface area (Å²) in [6.07, 6.45) is -0.761. The molecule has 0 saturated heterocycles. The number of hydrogen-bond donors (Lipinski definition) is 3. The maximum absolute atomic E-state index is 12.8. The average Bonchev–Trinajstić information content (AvgIpc) is 2.79. The number of para-hydroxylation sites is 1. The Morgan fingerprint density at radius 2 is 1.78 bits per heavy atom. The molecule has 2 aromatic carbocycles. The Kier molecular flexibility index (Phi) is 11.0. The van der Waals surface area contributed by atoms with Crippen LogP contribution in [0.15, 0.2) is 53.0 Å². The minimum absolute atomic E-state index is 0. The van der Waals surface area contributed by atoms with Gasteiger partial charge in [0.2, 0.25) is 0 Å². The molecule has 1 saturated carbocycles. The zero-order valence-corrected chi connectivity index (χ0v) is 22.9. The van der Waals surface area contributed by atoms with Crippen molar-refractivity contribution in [3.63, 3.8) is 0 Å². The number of nitrogens with zero attached hydrogens (tertiary/aromatic N) is 1. The fourth-order valence-corrected chi connectivity index (χ4v) is 5.03. The van der Waals surface area contributed by atoms with Gasteiger partial charge in [-0.3, -0.25) is 0 Å². The molecule has 36 heavy (non-hydrogen) atoms. The molecule has 11 heteroatoms. The van der Waals surface area contributed by atoms with Gasteiger partial charge in [0.15, 0.2) is 0 Å². The van der Waals surface area contributed by atoms with Crippen LogP contribution in [-0.2, 0) is 6.42 Å². The summed E-state index contributed by atoms with van der Waals surface area (Å²) in [5.74, 6) is 0.868. The summed E-state index contributed by atoms with van der Waals surface area (Å²) in [7, 11) is 1.90. The number of alkyl halides is 3. The van der Waals surface area contributed by atoms with Crippen LogP contribution in [0.3, 0.4) is 0 Å². The molecule has 1 aliphatic carbocycles. The molecule has 1 aromatic heterocycles. The first-order chi connectivity index (χ1) is 16.2. The lowest BCUT2D eigenvalue weighted by Crippen LogP contribution is -2.37. The highest BCUT2D eigenvalue weighted by molar-refractivity contribution is 9.10. The molecule has 1 unspecified atom stereocenters. The molecule has 0 radical (unpaired) electrons. The lowest BCUT2D eigenvalue weighted by atomic mass is 9.80. The molecular formula is C25H30BrCl2F3N4O. The number of rotatable bonds is 7. The predicted octanol–water partition coefficient (Wildman–Crippen LogP) is 7.32. The van der Waals surface area contributed by atoms with Gasteiger partial charge in [-0.1, -0.05) is 40.2 Å². The van der Waals surface area contributed by atoms with Crippen molar-refractivity contribution in [1.82, 2.24) is 4.98 Å². The van der Waals surface area contributed by atoms with E-state index in [-0.39, 0.29) is 48.6 Å². The Morgan fingerprint density at radius 3 is 2.44 bits per heavy atom. The molecule has 3 aromatic rings. The number of hydrogen-bond acceptors (Lipinski definition) is 5. The normalized spacial score (nSPS) is 18.5. The van der Waals surface area contributed by atoms with E-state index >= 15 is 0 Å². The molecule has 5 nitrogen and oxygen atoms in total. The number of pyridine rings is 1. The Bertz CT molecular complexity index is 1140. The maximum Gasteiger partial charge on any atom is 0.573 e. The van der Waals surface area contributed by atoms with Crippen molar-refractivity contribution in [3.8, 4) is 5.75 Å². The topological polar surface area (TPSA) is 72.2 Å². The van der Waals surface area contributed by atoms with Gasteiger partial charge in [0, 0.05) is 40.7 Å². The van der Waals surface area contributed by atoms with Crippen molar-refractivity contribution in [1.29, 1.82) is 0 Å². The summed E-state index contributed by atoms with van der Waals surface area (Å²) in [5.41, 5.74) is 8.88. The molecule has 0 spiro atoms. The third kappa shape index (κ3) is 7.78. The van der Waals surface area contributed by atoms with E-state index in [1.54, 1.807) is 12.1 Å². The molecule has 198 valence electrons. The number of anilines is 2. The lowest BCUT2D eigenvalue weighted by molar-refractivity contribution is -0.274. The van der Waals surface area contributed by atoms with Crippen LogP contribution in [-0.4, -0.2) is 30.5 Å². The van der Waals surface area contributed by atoms with Crippen molar-refractivity contribution in [2.24, 2.45) is 11.7 Å². The second-order valence-electron chi connectivity index (χ2n) is 8.75. The first-order valence-corrected chi connectivity index (χ1v) is 12.1. The highest BCUT2D eigenvalue weighted by Crippen LogP contribution is 2.34. The second-order valence-corrected chi connectivity index (χ2v) is 9.66. The number of ether oxygens (including phenoxy) is 1. The highest BCUT2D eigenvalue weighted by Gasteiger charge is 2.33. The van der Waals surface area contributed by atoms with Crippen molar-refractivity contribution < 1.29 is 17.9 Å². The fourth-order valence-electron chi connectivity index (χ4n) is 4.69. The number of benzene rings is 2. The van der Waals surface area contributed by atoms with Crippen LogP contribution >= 0.6 is 40.7 Å². The summed E-state index contributed by atoms with van der Waals surface area (Å²) in [6, 6.07) is 14.8. The van der Waals surface area contributed by atoms with Gasteiger partial charge in [0.25, 0.3) is 0 Å². The summed E-state index contributed by atoms with van der Waals surface area (Å²) in [5, 5.41) is 7.87. The van der Waals surface area contributed by atoms with Crippen LogP contribution in [0, 0.1) is 5.92 Å². The summed E-state index contributed by atoms with van der Waals surface area (Å²) in [6.45, 7) is 0. The molecule has 0 amide bonds. The van der Waals surface area contributed by atoms with Crippen LogP contribution in [0.5, 0.6) is 5.75 Å². The summed E-state index contributed by atoms with van der Waals surface area (Å²) in [4.78, 5) is 4.75. The monoisotopic (exact) mass is 608 g/mol. The number of halogens is 6. The molecule has 4 rings (SSSR count). The van der Waals surface area contributed by atoms with Gasteiger partial charge in [-0.25, -0.2) is 4.98 Å². The third-order valence-corrected chi connectivity index (χ3v) is 6.92. The van der Waals surface area contributed by atoms with E-state index in [1.165, 1.54) is 6.07 Å². The second kappa shape index (κ2) is 13.0. The molecule has 4 N–H and O–H groups in total. The van der Waals surface area contributed by atoms with E-state index in [1.807, 2.05) is 37.4 Å². The van der Waals surface area contributed by atoms with Crippen LogP contribution in [0.1, 0.15) is 31.2 Å². The van der Waals surface area contributed by atoms with Gasteiger partial charge in [-0.15, -0.1) is 38.0 Å². The standard InChI is InChI=1S/C25H28BrF3N4O.2ClH/c1-31-22-14-24(33-21-5-3-2-4-19(21)22)32-18-10-7-15(8-11-18)20(30)12-16-6-9-17(26)13-23(16)34-25(27,28)29;;/h2-6,9,13-15,18,20H,7-8,10-12,30H2,1H3,(H2,31,32,33);2*1H. The van der Waals surface area contributed by atoms with E-state index in [0.29, 0.717) is 16.5 Å². The number of nitrogens with one attached hydrogen (secondary N) is 2. The molecule has 0 bridgehead atoms. The SMILES string of the molecule is CNc1cc(NC2CCC(C(N)Cc3ccc(Br)cc3OC(F)(F)F)CC2)nc2ccccc12.Cl.Cl. The van der Waals surface area contributed by atoms with Gasteiger partial charge < -0.3 is 21.1 Å². The largest absolute Gasteiger partial charge is 0.573 e. The molecule has 0 aliphatic heterocycles. The zero-order chi connectivity index (χ0) is 24.3. The van der Waals surface area contributed by atoms with Gasteiger partial charge >= 0.3 is 6.36 Å². The summed E-state index contributed by atoms with van der Waals surface area (Å²) < 4.78 is 43.2. The number of fused-ring (bicyclic) bond motifs is 1. The van der Waals surface area contributed by atoms with Gasteiger partial charge in [0.1, 0.15) is 11.6 Å². The third-order valence-electron chi connectivity index (χ3n) is 6.43. The van der Waals surface area contributed by atoms with Crippen molar-refractivity contribution in [2.45, 2.75) is 50.6 Å². The quantitative estimate of drug-likeness (QED) is 0.262. The average molecular weight is 610 g/mol. The van der Waals surface area contributed by atoms with Crippen LogP contribution in [0.4, 0.5) is 24.7 Å². The van der Waals surface area contributed by atoms with Gasteiger partial charge in [0.05, 0.1) is 5.52 Å². The molecule has 1 aliphatic rings. The fraction of sp³-hybridized carbons (Fsp3) is 0.400. The smallest absolute Gasteiger partial charge is 0.405 e. The molecule has 1 heterocycles. The Balaban J connectivity index is 0.00000228. The van der Waals surface area contributed by atoms with Crippen LogP contribution in [0.25, 0.3) is 10.9 Å². The van der Waals surface area contributed by atoms with Crippen molar-refractivity contribution in [2.75, 3.05) is 17.7 Å². The van der Waals surface area contributed by atoms with E-state index in [0.717, 1.165) is 48.1 Å². The Hall–Kier alpha value is -1.94. The van der Waals surface area contributed by atoms with Crippen molar-refractivity contribution in [3.05, 3.63) is 58.6 Å². The number of aromatic nitrogens is 1. The zero-order valence-electron chi connectivity index (χ0n) is 19.6. The Morgan fingerprint density at radius 1 is 1.08 bits per heavy atom. The first kappa shape index (κ1) is 30.3. The predicted molar refractivity (Wildman–Crippen MR) is 148 cm³/mol. The minimum Gasteiger partial charge on any atom is -0.405 e. The lowest BCUT2D eigenvalue weighted by Gasteiger charge is -2.33. The molecule has 1 fully saturated rings. The Labute approximate surface area is 229 Å². The highest BCUT2D eigenvalue weighted by atomic mass is 79.9. The van der Waals surface area contributed by atoms with Crippen LogP contribution < -0.4 is 21.1 Å². The summed E-state index contributed by atoms with van der Waals surface area (Å²) >= 11 is 3.21. The first-order valence-electron chi connectivity index (χ1n) is 11.4. The van der Waals surface area contributed by atoms with E-state index in [2.05, 4.69) is 31.3 Å². The molecule has 1 atom stereocenters. The van der Waals surface area contributed by atoms with Crippen molar-refractivity contribution >= 4 is 63.2 Å². The van der Waals surface area contributed by atoms with Gasteiger partial charge in [-0.05, 0) is 61.8 Å². The molecular weight excluding hydrogens is 580 g/mol. The van der Waals surface area contributed by atoms with E-state index in [4.69, 9.17) is 10.7 Å². The van der Waals surface area contributed by atoms with E-state index in [9.17, 15) is 13.2 Å². The van der Waals surface area contributed by atoms with Crippen LogP contribution in [0.2, 0.25) is 0 Å². The van der Waals surface area contributed by atoms with E-state index < -0.39 is 6.36 Å². The maximum atomic E-state index is 12.8. The minimum atomic E-state index is -4.74.